The minimum Gasteiger partial charge on any atom is -0.243 e. The Kier molecular flexibility index (Phi) is 6.85. The van der Waals surface area contributed by atoms with Gasteiger partial charge in [0.15, 0.2) is 19.4 Å². The summed E-state index contributed by atoms with van der Waals surface area (Å²) in [5, 5.41) is 0. The third-order valence-electron chi connectivity index (χ3n) is 3.02. The van der Waals surface area contributed by atoms with Gasteiger partial charge in [-0.05, 0) is 0 Å². The van der Waals surface area contributed by atoms with E-state index in [1.54, 1.807) is 0 Å². The lowest BCUT2D eigenvalue weighted by atomic mass is 9.94. The quantitative estimate of drug-likeness (QED) is 0.255. The molecule has 0 saturated carbocycles. The van der Waals surface area contributed by atoms with Gasteiger partial charge in [0.25, 0.3) is 6.43 Å². The summed E-state index contributed by atoms with van der Waals surface area (Å²) in [6, 6.07) is 0. The Bertz CT molecular complexity index is 460. The van der Waals surface area contributed by atoms with Crippen LogP contribution in [0.2, 0.25) is 13.1 Å². The summed E-state index contributed by atoms with van der Waals surface area (Å²) >= 11 is 5.08. The Morgan fingerprint density at radius 3 is 1.28 bits per heavy atom. The highest BCUT2D eigenvalue weighted by molar-refractivity contribution is 7.19. The van der Waals surface area contributed by atoms with E-state index in [-0.39, 0.29) is 0 Å². The fraction of sp³-hybridized carbons (Fsp3) is 1.00. The summed E-state index contributed by atoms with van der Waals surface area (Å²) in [6.07, 6.45) is -14.6. The molecule has 0 bridgehead atoms. The summed E-state index contributed by atoms with van der Waals surface area (Å²) in [6.45, 7) is 0.900. The lowest BCUT2D eigenvalue weighted by Gasteiger charge is -2.40. The highest BCUT2D eigenvalue weighted by atomic mass is 35.6. The SMILES string of the molecule is C[Si](C)(Cl)C(F)C(F)(F)C(F)(F)C(F)(F)C(F)(F)C(F)C(F)C(F)F. The van der Waals surface area contributed by atoms with Crippen molar-refractivity contribution in [3.63, 3.8) is 0 Å². The Labute approximate surface area is 138 Å². The maximum absolute atomic E-state index is 13.4. The van der Waals surface area contributed by atoms with Crippen molar-refractivity contribution in [1.29, 1.82) is 0 Å². The number of hydrogen-bond acceptors (Lipinski definition) is 0. The van der Waals surface area contributed by atoms with Crippen molar-refractivity contribution in [2.75, 3.05) is 0 Å². The normalized spacial score (nSPS) is 19.1. The van der Waals surface area contributed by atoms with Gasteiger partial charge in [0, 0.05) is 0 Å². The molecule has 0 saturated heterocycles. The van der Waals surface area contributed by atoms with E-state index in [0.29, 0.717) is 13.1 Å². The molecule has 3 unspecified atom stereocenters. The molecule has 0 fully saturated rings. The molecule has 15 heteroatoms. The zero-order chi connectivity index (χ0) is 20.8. The molecule has 0 heterocycles. The van der Waals surface area contributed by atoms with Crippen LogP contribution in [-0.4, -0.2) is 55.6 Å². The van der Waals surface area contributed by atoms with Crippen molar-refractivity contribution in [1.82, 2.24) is 0 Å². The van der Waals surface area contributed by atoms with Gasteiger partial charge in [0.2, 0.25) is 6.17 Å². The summed E-state index contributed by atoms with van der Waals surface area (Å²) in [5.41, 5.74) is 0. The van der Waals surface area contributed by atoms with Gasteiger partial charge in [-0.15, -0.1) is 0 Å². The Morgan fingerprint density at radius 2 is 1.00 bits per heavy atom. The monoisotopic (exact) mass is 440 g/mol. The highest BCUT2D eigenvalue weighted by Gasteiger charge is 2.85. The molecule has 0 rings (SSSR count). The molecule has 152 valence electrons. The zero-order valence-corrected chi connectivity index (χ0v) is 13.9. The van der Waals surface area contributed by atoms with Crippen LogP contribution < -0.4 is 0 Å². The first kappa shape index (κ1) is 24.6. The molecular weight excluding hydrogens is 431 g/mol. The number of hydrogen-bond donors (Lipinski definition) is 0. The van der Waals surface area contributed by atoms with Crippen LogP contribution in [0.15, 0.2) is 0 Å². The molecule has 25 heavy (non-hydrogen) atoms. The van der Waals surface area contributed by atoms with E-state index in [1.165, 1.54) is 0 Å². The first-order valence-electron chi connectivity index (χ1n) is 6.07. The first-order valence-corrected chi connectivity index (χ1v) is 10.2. The molecule has 0 spiro atoms. The van der Waals surface area contributed by atoms with Crippen molar-refractivity contribution in [3.05, 3.63) is 0 Å². The van der Waals surface area contributed by atoms with Gasteiger partial charge < -0.3 is 0 Å². The molecule has 3 atom stereocenters. The fourth-order valence-corrected chi connectivity index (χ4v) is 2.96. The van der Waals surface area contributed by atoms with Crippen molar-refractivity contribution in [2.45, 2.75) is 61.3 Å². The number of halogens is 14. The summed E-state index contributed by atoms with van der Waals surface area (Å²) in [7, 11) is -4.50. The van der Waals surface area contributed by atoms with Gasteiger partial charge >= 0.3 is 23.7 Å². The predicted octanol–water partition coefficient (Wildman–Crippen LogP) is 5.79. The van der Waals surface area contributed by atoms with E-state index in [0.717, 1.165) is 0 Å². The van der Waals surface area contributed by atoms with E-state index in [9.17, 15) is 57.1 Å². The zero-order valence-electron chi connectivity index (χ0n) is 12.1. The summed E-state index contributed by atoms with van der Waals surface area (Å²) in [4.78, 5) is 0. The minimum absolute atomic E-state index is 0.450. The molecule has 0 amide bonds. The van der Waals surface area contributed by atoms with Crippen LogP contribution in [0, 0.1) is 0 Å². The average molecular weight is 441 g/mol. The Balaban J connectivity index is 6.11. The topological polar surface area (TPSA) is 0 Å². The molecule has 0 aromatic rings. The predicted molar refractivity (Wildman–Crippen MR) is 63.8 cm³/mol. The third kappa shape index (κ3) is 3.98. The van der Waals surface area contributed by atoms with Crippen molar-refractivity contribution >= 4 is 18.5 Å². The van der Waals surface area contributed by atoms with E-state index < -0.39 is 55.6 Å². The van der Waals surface area contributed by atoms with Crippen LogP contribution in [0.1, 0.15) is 0 Å². The average Bonchev–Trinajstić information content (AvgIpc) is 2.42. The Morgan fingerprint density at radius 1 is 0.680 bits per heavy atom. The van der Waals surface area contributed by atoms with E-state index in [4.69, 9.17) is 11.1 Å². The van der Waals surface area contributed by atoms with Gasteiger partial charge in [0.05, 0.1) is 0 Å². The van der Waals surface area contributed by atoms with Crippen LogP contribution in [0.3, 0.4) is 0 Å². The lowest BCUT2D eigenvalue weighted by Crippen LogP contribution is -2.70. The van der Waals surface area contributed by atoms with E-state index in [2.05, 4.69) is 0 Å². The second-order valence-corrected chi connectivity index (χ2v) is 12.1. The lowest BCUT2D eigenvalue weighted by molar-refractivity contribution is -0.383. The smallest absolute Gasteiger partial charge is 0.243 e. The molecule has 0 aliphatic rings. The standard InChI is InChI=1S/C10H10ClF13Si/c1-25(2,11)6(16)8(19,20)10(23,24)9(21,22)7(17,18)4(13)3(12)5(14)15/h3-6H,1-2H3. The molecule has 0 aromatic heterocycles. The maximum Gasteiger partial charge on any atom is 0.381 e. The highest BCUT2D eigenvalue weighted by Crippen LogP contribution is 2.57. The first-order chi connectivity index (χ1) is 10.7. The molecule has 0 N–H and O–H groups in total. The van der Waals surface area contributed by atoms with Crippen LogP contribution in [0.25, 0.3) is 0 Å². The van der Waals surface area contributed by atoms with E-state index >= 15 is 0 Å². The molecular formula is C10H10ClF13Si. The van der Waals surface area contributed by atoms with E-state index in [1.807, 2.05) is 0 Å². The van der Waals surface area contributed by atoms with Gasteiger partial charge in [-0.25, -0.2) is 22.0 Å². The molecule has 0 aromatic carbocycles. The van der Waals surface area contributed by atoms with Gasteiger partial charge in [-0.1, -0.05) is 13.1 Å². The second-order valence-electron chi connectivity index (χ2n) is 5.50. The van der Waals surface area contributed by atoms with Crippen molar-refractivity contribution in [2.24, 2.45) is 0 Å². The fourth-order valence-electron chi connectivity index (χ4n) is 1.51. The second kappa shape index (κ2) is 6.96. The minimum atomic E-state index is -7.43. The van der Waals surface area contributed by atoms with Gasteiger partial charge in [0.1, 0.15) is 0 Å². The van der Waals surface area contributed by atoms with Crippen molar-refractivity contribution < 1.29 is 57.1 Å². The van der Waals surface area contributed by atoms with Gasteiger partial charge in [-0.3, -0.25) is 0 Å². The van der Waals surface area contributed by atoms with Crippen LogP contribution in [-0.2, 0) is 0 Å². The molecule has 0 radical (unpaired) electrons. The third-order valence-corrected chi connectivity index (χ3v) is 5.16. The summed E-state index contributed by atoms with van der Waals surface area (Å²) < 4.78 is 169. The van der Waals surface area contributed by atoms with Crippen molar-refractivity contribution in [3.8, 4) is 0 Å². The van der Waals surface area contributed by atoms with Crippen LogP contribution in [0.5, 0.6) is 0 Å². The Hall–Kier alpha value is -0.403. The largest absolute Gasteiger partial charge is 0.381 e. The maximum atomic E-state index is 13.4. The van der Waals surface area contributed by atoms with Gasteiger partial charge in [-0.2, -0.15) is 46.2 Å². The number of alkyl halides is 13. The molecule has 0 aliphatic carbocycles. The molecule has 0 nitrogen and oxygen atoms in total. The summed E-state index contributed by atoms with van der Waals surface area (Å²) in [5.74, 6) is -32.5. The van der Waals surface area contributed by atoms with Crippen LogP contribution in [0.4, 0.5) is 57.1 Å². The number of rotatable bonds is 8. The molecule has 0 aliphatic heterocycles. The van der Waals surface area contributed by atoms with Crippen LogP contribution >= 0.6 is 11.1 Å².